The zero-order valence-corrected chi connectivity index (χ0v) is 15.1. The number of hydrogen-bond donors (Lipinski definition) is 0. The third-order valence-electron chi connectivity index (χ3n) is 5.30. The molecule has 2 aliphatic heterocycles. The van der Waals surface area contributed by atoms with Crippen LogP contribution in [0, 0.1) is 0 Å². The number of halogens is 1. The van der Waals surface area contributed by atoms with Gasteiger partial charge in [0.25, 0.3) is 0 Å². The van der Waals surface area contributed by atoms with Gasteiger partial charge in [-0.1, -0.05) is 28.9 Å². The molecule has 0 unspecified atom stereocenters. The van der Waals surface area contributed by atoms with Crippen LogP contribution in [0.15, 0.2) is 28.8 Å². The maximum atomic E-state index is 12.7. The first-order valence-electron chi connectivity index (χ1n) is 8.89. The van der Waals surface area contributed by atoms with Crippen LogP contribution in [0.2, 0.25) is 5.02 Å². The number of likely N-dealkylation sites (tertiary alicyclic amines) is 1. The lowest BCUT2D eigenvalue weighted by Crippen LogP contribution is -2.47. The average Bonchev–Trinajstić information content (AvgIpc) is 3.30. The molecule has 0 aliphatic carbocycles. The van der Waals surface area contributed by atoms with Crippen molar-refractivity contribution in [3.8, 4) is 11.3 Å². The topological polar surface area (TPSA) is 49.6 Å². The Bertz CT molecular complexity index is 765. The van der Waals surface area contributed by atoms with E-state index >= 15 is 0 Å². The van der Waals surface area contributed by atoms with Gasteiger partial charge >= 0.3 is 0 Å². The van der Waals surface area contributed by atoms with Crippen LogP contribution in [0.1, 0.15) is 31.1 Å². The molecular formula is C19H22ClN3O2. The quantitative estimate of drug-likeness (QED) is 0.843. The molecule has 2 aromatic rings. The summed E-state index contributed by atoms with van der Waals surface area (Å²) in [6.07, 6.45) is 3.03. The lowest BCUT2D eigenvalue weighted by molar-refractivity contribution is -0.135. The Morgan fingerprint density at radius 2 is 1.92 bits per heavy atom. The van der Waals surface area contributed by atoms with Crippen molar-refractivity contribution in [3.05, 3.63) is 40.6 Å². The molecule has 1 aromatic heterocycles. The second-order valence-corrected chi connectivity index (χ2v) is 7.31. The van der Waals surface area contributed by atoms with Crippen molar-refractivity contribution in [1.29, 1.82) is 0 Å². The summed E-state index contributed by atoms with van der Waals surface area (Å²) in [6, 6.07) is 7.52. The second kappa shape index (κ2) is 6.81. The van der Waals surface area contributed by atoms with Gasteiger partial charge in [0, 0.05) is 48.7 Å². The summed E-state index contributed by atoms with van der Waals surface area (Å²) in [5.74, 6) is 1.17. The Morgan fingerprint density at radius 3 is 2.64 bits per heavy atom. The maximum Gasteiger partial charge on any atom is 0.239 e. The molecular weight excluding hydrogens is 338 g/mol. The standard InChI is InChI=1S/C19H22ClN3O2/c1-13(19(24)22-9-2-3-10-22)23-11-8-17-16(12-23)18(21-25-17)14-4-6-15(20)7-5-14/h4-7,13H,2-3,8-12H2,1H3/t13-/m0/s1. The monoisotopic (exact) mass is 359 g/mol. The summed E-state index contributed by atoms with van der Waals surface area (Å²) in [5, 5.41) is 4.98. The number of nitrogens with zero attached hydrogens (tertiary/aromatic N) is 3. The first kappa shape index (κ1) is 16.6. The highest BCUT2D eigenvalue weighted by molar-refractivity contribution is 6.30. The molecule has 1 fully saturated rings. The molecule has 0 bridgehead atoms. The van der Waals surface area contributed by atoms with Gasteiger partial charge in [-0.3, -0.25) is 9.69 Å². The summed E-state index contributed by atoms with van der Waals surface area (Å²) in [4.78, 5) is 16.9. The number of carbonyl (C=O) groups excluding carboxylic acids is 1. The summed E-state index contributed by atoms with van der Waals surface area (Å²) in [5.41, 5.74) is 2.95. The molecule has 6 heteroatoms. The van der Waals surface area contributed by atoms with Gasteiger partial charge in [0.1, 0.15) is 11.5 Å². The number of rotatable bonds is 3. The fraction of sp³-hybridized carbons (Fsp3) is 0.474. The zero-order chi connectivity index (χ0) is 17.4. The van der Waals surface area contributed by atoms with E-state index in [4.69, 9.17) is 16.1 Å². The summed E-state index contributed by atoms with van der Waals surface area (Å²) in [6.45, 7) is 5.32. The fourth-order valence-corrected chi connectivity index (χ4v) is 3.88. The number of carbonyl (C=O) groups is 1. The Morgan fingerprint density at radius 1 is 1.20 bits per heavy atom. The van der Waals surface area contributed by atoms with E-state index < -0.39 is 0 Å². The van der Waals surface area contributed by atoms with Gasteiger partial charge in [-0.05, 0) is 31.9 Å². The minimum atomic E-state index is -0.112. The lowest BCUT2D eigenvalue weighted by Gasteiger charge is -2.33. The highest BCUT2D eigenvalue weighted by atomic mass is 35.5. The summed E-state index contributed by atoms with van der Waals surface area (Å²) in [7, 11) is 0. The van der Waals surface area contributed by atoms with Crippen molar-refractivity contribution >= 4 is 17.5 Å². The Hall–Kier alpha value is -1.85. The molecule has 1 amide bonds. The van der Waals surface area contributed by atoms with E-state index in [0.29, 0.717) is 11.6 Å². The van der Waals surface area contributed by atoms with Gasteiger partial charge in [0.15, 0.2) is 0 Å². The van der Waals surface area contributed by atoms with Crippen LogP contribution in [0.25, 0.3) is 11.3 Å². The number of aromatic nitrogens is 1. The molecule has 4 rings (SSSR count). The van der Waals surface area contributed by atoms with Gasteiger partial charge in [-0.25, -0.2) is 0 Å². The third-order valence-corrected chi connectivity index (χ3v) is 5.55. The first-order chi connectivity index (χ1) is 12.1. The maximum absolute atomic E-state index is 12.7. The Kier molecular flexibility index (Phi) is 4.52. The Balaban J connectivity index is 1.55. The predicted octanol–water partition coefficient (Wildman–Crippen LogP) is 3.36. The van der Waals surface area contributed by atoms with E-state index in [1.54, 1.807) is 0 Å². The van der Waals surface area contributed by atoms with E-state index in [2.05, 4.69) is 10.1 Å². The van der Waals surface area contributed by atoms with E-state index in [-0.39, 0.29) is 11.9 Å². The van der Waals surface area contributed by atoms with Crippen molar-refractivity contribution in [2.24, 2.45) is 0 Å². The molecule has 0 radical (unpaired) electrons. The van der Waals surface area contributed by atoms with Crippen LogP contribution in [0.4, 0.5) is 0 Å². The summed E-state index contributed by atoms with van der Waals surface area (Å²) < 4.78 is 5.56. The fourth-order valence-electron chi connectivity index (χ4n) is 3.75. The normalized spacial score (nSPS) is 19.0. The first-order valence-corrected chi connectivity index (χ1v) is 9.27. The number of fused-ring (bicyclic) bond motifs is 1. The molecule has 5 nitrogen and oxygen atoms in total. The van der Waals surface area contributed by atoms with Crippen LogP contribution in [0.3, 0.4) is 0 Å². The molecule has 1 aromatic carbocycles. The van der Waals surface area contributed by atoms with Crippen molar-refractivity contribution in [3.63, 3.8) is 0 Å². The van der Waals surface area contributed by atoms with E-state index in [9.17, 15) is 4.79 Å². The minimum absolute atomic E-state index is 0.112. The van der Waals surface area contributed by atoms with Crippen LogP contribution in [-0.4, -0.2) is 46.5 Å². The van der Waals surface area contributed by atoms with Crippen LogP contribution >= 0.6 is 11.6 Å². The highest BCUT2D eigenvalue weighted by Crippen LogP contribution is 2.31. The molecule has 1 atom stereocenters. The predicted molar refractivity (Wildman–Crippen MR) is 96.3 cm³/mol. The highest BCUT2D eigenvalue weighted by Gasteiger charge is 2.32. The van der Waals surface area contributed by atoms with Crippen LogP contribution in [0.5, 0.6) is 0 Å². The molecule has 3 heterocycles. The molecule has 0 saturated carbocycles. The van der Waals surface area contributed by atoms with Crippen LogP contribution < -0.4 is 0 Å². The van der Waals surface area contributed by atoms with Crippen molar-refractivity contribution in [1.82, 2.24) is 15.0 Å². The molecule has 1 saturated heterocycles. The third kappa shape index (κ3) is 3.18. The molecule has 2 aliphatic rings. The van der Waals surface area contributed by atoms with Gasteiger partial charge < -0.3 is 9.42 Å². The smallest absolute Gasteiger partial charge is 0.239 e. The van der Waals surface area contributed by atoms with Crippen LogP contribution in [-0.2, 0) is 17.8 Å². The zero-order valence-electron chi connectivity index (χ0n) is 14.4. The molecule has 0 N–H and O–H groups in total. The average molecular weight is 360 g/mol. The molecule has 132 valence electrons. The van der Waals surface area contributed by atoms with Gasteiger partial charge in [-0.15, -0.1) is 0 Å². The van der Waals surface area contributed by atoms with Gasteiger partial charge in [0.2, 0.25) is 5.91 Å². The molecule has 25 heavy (non-hydrogen) atoms. The van der Waals surface area contributed by atoms with E-state index in [1.807, 2.05) is 36.1 Å². The second-order valence-electron chi connectivity index (χ2n) is 6.87. The number of amides is 1. The minimum Gasteiger partial charge on any atom is -0.360 e. The summed E-state index contributed by atoms with van der Waals surface area (Å²) >= 11 is 5.98. The van der Waals surface area contributed by atoms with E-state index in [1.165, 1.54) is 0 Å². The number of hydrogen-bond acceptors (Lipinski definition) is 4. The van der Waals surface area contributed by atoms with Gasteiger partial charge in [-0.2, -0.15) is 0 Å². The van der Waals surface area contributed by atoms with Crippen molar-refractivity contribution < 1.29 is 9.32 Å². The van der Waals surface area contributed by atoms with E-state index in [0.717, 1.165) is 61.5 Å². The van der Waals surface area contributed by atoms with Gasteiger partial charge in [0.05, 0.1) is 6.04 Å². The van der Waals surface area contributed by atoms with Crippen molar-refractivity contribution in [2.75, 3.05) is 19.6 Å². The lowest BCUT2D eigenvalue weighted by atomic mass is 10.00. The largest absolute Gasteiger partial charge is 0.360 e. The van der Waals surface area contributed by atoms with Crippen molar-refractivity contribution in [2.45, 2.75) is 38.8 Å². The molecule has 0 spiro atoms. The number of benzene rings is 1. The SMILES string of the molecule is C[C@@H](C(=O)N1CCCC1)N1CCc2onc(-c3ccc(Cl)cc3)c2C1. The Labute approximate surface area is 152 Å².